The van der Waals surface area contributed by atoms with E-state index in [9.17, 15) is 5.11 Å². The summed E-state index contributed by atoms with van der Waals surface area (Å²) in [5.74, 6) is 2.50. The molecule has 1 aromatic carbocycles. The molecule has 0 spiro atoms. The fourth-order valence-electron chi connectivity index (χ4n) is 2.64. The van der Waals surface area contributed by atoms with Gasteiger partial charge in [0.1, 0.15) is 17.3 Å². The smallest absolute Gasteiger partial charge is 0.125 e. The quantitative estimate of drug-likeness (QED) is 0.698. The number of ether oxygens (including phenoxy) is 1. The van der Waals surface area contributed by atoms with E-state index >= 15 is 0 Å². The van der Waals surface area contributed by atoms with Gasteiger partial charge in [-0.25, -0.2) is 4.68 Å². The number of para-hydroxylation sites is 1. The summed E-state index contributed by atoms with van der Waals surface area (Å²) in [5, 5.41) is 17.2. The molecule has 126 valence electrons. The van der Waals surface area contributed by atoms with Crippen LogP contribution in [0, 0.1) is 6.92 Å². The van der Waals surface area contributed by atoms with Crippen molar-refractivity contribution in [1.29, 1.82) is 0 Å². The van der Waals surface area contributed by atoms with Crippen molar-refractivity contribution in [3.8, 4) is 17.0 Å². The van der Waals surface area contributed by atoms with Gasteiger partial charge >= 0.3 is 0 Å². The average Bonchev–Trinajstić information content (AvgIpc) is 3.19. The molecule has 0 unspecified atom stereocenters. The van der Waals surface area contributed by atoms with E-state index in [1.165, 1.54) is 0 Å². The first-order valence-corrected chi connectivity index (χ1v) is 7.82. The molecule has 0 bridgehead atoms. The van der Waals surface area contributed by atoms with Crippen LogP contribution in [0.25, 0.3) is 11.3 Å². The number of aliphatic hydroxyl groups excluding tert-OH is 1. The Morgan fingerprint density at radius 1 is 1.29 bits per heavy atom. The largest absolute Gasteiger partial charge is 0.496 e. The molecule has 6 nitrogen and oxygen atoms in total. The molecular formula is C18H21N3O3. The van der Waals surface area contributed by atoms with E-state index in [1.807, 2.05) is 43.3 Å². The number of benzene rings is 1. The van der Waals surface area contributed by atoms with Crippen molar-refractivity contribution in [3.05, 3.63) is 54.0 Å². The zero-order valence-electron chi connectivity index (χ0n) is 13.8. The van der Waals surface area contributed by atoms with Gasteiger partial charge in [-0.1, -0.05) is 18.2 Å². The van der Waals surface area contributed by atoms with Crippen molar-refractivity contribution < 1.29 is 14.3 Å². The fourth-order valence-corrected chi connectivity index (χ4v) is 2.64. The minimum atomic E-state index is 0.0226. The fraction of sp³-hybridized carbons (Fsp3) is 0.278. The normalized spacial score (nSPS) is 10.8. The number of nitrogens with zero attached hydrogens (tertiary/aromatic N) is 2. The van der Waals surface area contributed by atoms with Crippen molar-refractivity contribution in [2.45, 2.75) is 20.0 Å². The van der Waals surface area contributed by atoms with Gasteiger partial charge in [0.15, 0.2) is 0 Å². The molecule has 2 N–H and O–H groups in total. The first-order chi connectivity index (χ1) is 11.7. The first-order valence-electron chi connectivity index (χ1n) is 7.82. The van der Waals surface area contributed by atoms with E-state index < -0.39 is 0 Å². The third-order valence-corrected chi connectivity index (χ3v) is 3.88. The van der Waals surface area contributed by atoms with E-state index in [2.05, 4.69) is 10.4 Å². The van der Waals surface area contributed by atoms with Gasteiger partial charge in [0.2, 0.25) is 0 Å². The summed E-state index contributed by atoms with van der Waals surface area (Å²) in [6, 6.07) is 11.7. The molecule has 24 heavy (non-hydrogen) atoms. The van der Waals surface area contributed by atoms with E-state index in [4.69, 9.17) is 9.15 Å². The molecule has 0 radical (unpaired) electrons. The third kappa shape index (κ3) is 3.28. The lowest BCUT2D eigenvalue weighted by Crippen LogP contribution is -2.10. The molecular weight excluding hydrogens is 306 g/mol. The van der Waals surface area contributed by atoms with Crippen LogP contribution in [0.3, 0.4) is 0 Å². The Kier molecular flexibility index (Phi) is 4.86. The number of nitrogens with one attached hydrogen (secondary N) is 1. The monoisotopic (exact) mass is 327 g/mol. The number of aromatic nitrogens is 2. The van der Waals surface area contributed by atoms with Gasteiger partial charge in [0, 0.05) is 23.7 Å². The highest BCUT2D eigenvalue weighted by Gasteiger charge is 2.13. The lowest BCUT2D eigenvalue weighted by Gasteiger charge is -2.11. The topological polar surface area (TPSA) is 72.5 Å². The Balaban J connectivity index is 1.84. The van der Waals surface area contributed by atoms with Crippen molar-refractivity contribution in [1.82, 2.24) is 9.78 Å². The van der Waals surface area contributed by atoms with E-state index in [0.717, 1.165) is 34.1 Å². The highest BCUT2D eigenvalue weighted by atomic mass is 16.5. The van der Waals surface area contributed by atoms with Crippen LogP contribution in [-0.4, -0.2) is 28.6 Å². The highest BCUT2D eigenvalue weighted by Crippen LogP contribution is 2.26. The Morgan fingerprint density at radius 2 is 2.12 bits per heavy atom. The van der Waals surface area contributed by atoms with Crippen LogP contribution >= 0.6 is 0 Å². The van der Waals surface area contributed by atoms with E-state index in [1.54, 1.807) is 18.1 Å². The van der Waals surface area contributed by atoms with Gasteiger partial charge < -0.3 is 19.6 Å². The maximum atomic E-state index is 9.28. The van der Waals surface area contributed by atoms with Crippen molar-refractivity contribution in [2.75, 3.05) is 19.0 Å². The van der Waals surface area contributed by atoms with Crippen LogP contribution in [0.5, 0.6) is 5.75 Å². The van der Waals surface area contributed by atoms with Gasteiger partial charge in [0.05, 0.1) is 32.2 Å². The molecule has 2 aromatic heterocycles. The summed E-state index contributed by atoms with van der Waals surface area (Å²) < 4.78 is 12.5. The number of rotatable bonds is 7. The zero-order chi connectivity index (χ0) is 16.9. The summed E-state index contributed by atoms with van der Waals surface area (Å²) >= 11 is 0. The zero-order valence-corrected chi connectivity index (χ0v) is 13.8. The van der Waals surface area contributed by atoms with E-state index in [-0.39, 0.29) is 6.61 Å². The van der Waals surface area contributed by atoms with Gasteiger partial charge in [-0.2, -0.15) is 5.10 Å². The van der Waals surface area contributed by atoms with Crippen molar-refractivity contribution in [3.63, 3.8) is 0 Å². The van der Waals surface area contributed by atoms with Crippen LogP contribution in [-0.2, 0) is 13.1 Å². The number of furan rings is 1. The van der Waals surface area contributed by atoms with Crippen LogP contribution < -0.4 is 10.1 Å². The SMILES string of the molecule is COc1ccccc1CNc1cc(-c2ccoc2C)nn1CCO. The first kappa shape index (κ1) is 16.1. The summed E-state index contributed by atoms with van der Waals surface area (Å²) in [5.41, 5.74) is 2.82. The maximum Gasteiger partial charge on any atom is 0.125 e. The minimum Gasteiger partial charge on any atom is -0.496 e. The molecule has 0 aliphatic heterocycles. The van der Waals surface area contributed by atoms with Crippen LogP contribution in [0.4, 0.5) is 5.82 Å². The molecule has 3 aromatic rings. The maximum absolute atomic E-state index is 9.28. The number of aliphatic hydroxyl groups is 1. The highest BCUT2D eigenvalue weighted by molar-refractivity contribution is 5.64. The number of hydrogen-bond acceptors (Lipinski definition) is 5. The summed E-state index contributed by atoms with van der Waals surface area (Å²) in [6.07, 6.45) is 1.65. The number of hydrogen-bond donors (Lipinski definition) is 2. The molecule has 0 aliphatic carbocycles. The molecule has 0 amide bonds. The molecule has 0 aliphatic rings. The van der Waals surface area contributed by atoms with Crippen LogP contribution in [0.1, 0.15) is 11.3 Å². The average molecular weight is 327 g/mol. The van der Waals surface area contributed by atoms with Gasteiger partial charge in [0.25, 0.3) is 0 Å². The number of methoxy groups -OCH3 is 1. The molecule has 3 rings (SSSR count). The Hall–Kier alpha value is -2.73. The predicted octanol–water partition coefficient (Wildman–Crippen LogP) is 3.06. The van der Waals surface area contributed by atoms with Gasteiger partial charge in [-0.05, 0) is 19.1 Å². The second-order valence-corrected chi connectivity index (χ2v) is 5.42. The number of aryl methyl sites for hydroxylation is 1. The molecule has 0 saturated carbocycles. The third-order valence-electron chi connectivity index (χ3n) is 3.88. The summed E-state index contributed by atoms with van der Waals surface area (Å²) in [7, 11) is 1.66. The van der Waals surface area contributed by atoms with Crippen LogP contribution in [0.2, 0.25) is 0 Å². The molecule has 0 saturated heterocycles. The van der Waals surface area contributed by atoms with Crippen molar-refractivity contribution >= 4 is 5.82 Å². The Bertz CT molecular complexity index is 807. The van der Waals surface area contributed by atoms with Gasteiger partial charge in [-0.15, -0.1) is 0 Å². The summed E-state index contributed by atoms with van der Waals surface area (Å²) in [6.45, 7) is 2.95. The van der Waals surface area contributed by atoms with Crippen LogP contribution in [0.15, 0.2) is 47.1 Å². The second-order valence-electron chi connectivity index (χ2n) is 5.42. The lowest BCUT2D eigenvalue weighted by atomic mass is 10.2. The van der Waals surface area contributed by atoms with Gasteiger partial charge in [-0.3, -0.25) is 0 Å². The molecule has 6 heteroatoms. The second kappa shape index (κ2) is 7.23. The standard InChI is InChI=1S/C18H21N3O3/c1-13-15(7-10-24-13)16-11-18(21(20-16)8-9-22)19-12-14-5-3-4-6-17(14)23-2/h3-7,10-11,19,22H,8-9,12H2,1-2H3. The Labute approximate surface area is 140 Å². The molecule has 0 fully saturated rings. The number of anilines is 1. The lowest BCUT2D eigenvalue weighted by molar-refractivity contribution is 0.270. The van der Waals surface area contributed by atoms with E-state index in [0.29, 0.717) is 13.1 Å². The predicted molar refractivity (Wildman–Crippen MR) is 92.1 cm³/mol. The minimum absolute atomic E-state index is 0.0226. The summed E-state index contributed by atoms with van der Waals surface area (Å²) in [4.78, 5) is 0. The Morgan fingerprint density at radius 3 is 2.83 bits per heavy atom. The molecule has 0 atom stereocenters. The van der Waals surface area contributed by atoms with Crippen molar-refractivity contribution in [2.24, 2.45) is 0 Å². The molecule has 2 heterocycles.